The summed E-state index contributed by atoms with van der Waals surface area (Å²) in [6.07, 6.45) is 3.05. The van der Waals surface area contributed by atoms with Gasteiger partial charge in [-0.1, -0.05) is 18.2 Å². The molecule has 3 aromatic carbocycles. The van der Waals surface area contributed by atoms with E-state index in [9.17, 15) is 9.90 Å². The maximum Gasteiger partial charge on any atom is 0.337 e. The minimum atomic E-state index is -1.14. The van der Waals surface area contributed by atoms with Crippen molar-refractivity contribution in [3.05, 3.63) is 89.6 Å². The van der Waals surface area contributed by atoms with Crippen molar-refractivity contribution in [3.8, 4) is 22.6 Å². The third kappa shape index (κ3) is 4.00. The van der Waals surface area contributed by atoms with Crippen LogP contribution >= 0.6 is 0 Å². The van der Waals surface area contributed by atoms with Crippen molar-refractivity contribution in [2.75, 3.05) is 12.4 Å². The lowest BCUT2D eigenvalue weighted by atomic mass is 10.0. The van der Waals surface area contributed by atoms with Gasteiger partial charge in [0, 0.05) is 24.0 Å². The molecule has 0 aliphatic rings. The van der Waals surface area contributed by atoms with Crippen LogP contribution < -0.4 is 10.1 Å². The minimum absolute atomic E-state index is 0.000312. The van der Waals surface area contributed by atoms with E-state index in [1.54, 1.807) is 36.0 Å². The quantitative estimate of drug-likeness (QED) is 0.320. The summed E-state index contributed by atoms with van der Waals surface area (Å²) in [7, 11) is 1.47. The number of carbonyl (C=O) groups is 1. The molecule has 0 unspecified atom stereocenters. The van der Waals surface area contributed by atoms with Gasteiger partial charge in [-0.05, 0) is 49.7 Å². The third-order valence-corrected chi connectivity index (χ3v) is 5.94. The summed E-state index contributed by atoms with van der Waals surface area (Å²) in [4.78, 5) is 20.6. The number of hydrogen-bond donors (Lipinski definition) is 2. The molecule has 8 nitrogen and oxygen atoms in total. The summed E-state index contributed by atoms with van der Waals surface area (Å²) < 4.78 is 22.3. The fraction of sp³-hybridized carbons (Fsp3) is 0.111. The molecule has 2 N–H and O–H groups in total. The Bertz CT molecular complexity index is 1630. The average Bonchev–Trinajstić information content (AvgIpc) is 3.19. The van der Waals surface area contributed by atoms with Crippen LogP contribution in [0.15, 0.2) is 67.0 Å². The molecule has 0 fully saturated rings. The number of hydrogen-bond acceptors (Lipinski definition) is 6. The van der Waals surface area contributed by atoms with E-state index in [1.165, 1.54) is 25.4 Å². The van der Waals surface area contributed by atoms with Crippen molar-refractivity contribution >= 4 is 28.5 Å². The number of halogens is 1. The topological polar surface area (TPSA) is 102 Å². The van der Waals surface area contributed by atoms with Gasteiger partial charge >= 0.3 is 5.97 Å². The molecule has 2 aromatic heterocycles. The summed E-state index contributed by atoms with van der Waals surface area (Å²) in [5.74, 6) is -0.812. The van der Waals surface area contributed by atoms with Crippen LogP contribution in [0.25, 0.3) is 27.8 Å². The summed E-state index contributed by atoms with van der Waals surface area (Å²) in [6, 6.07) is 15.3. The maximum absolute atomic E-state index is 15.5. The van der Waals surface area contributed by atoms with Gasteiger partial charge in [0.15, 0.2) is 0 Å². The second kappa shape index (κ2) is 9.10. The molecule has 5 rings (SSSR count). The SMILES string of the molecule is COc1ccc(Nc2c(-c3cc4nccnc4cc3F)c(C)nn2-c2ccccc2C)c(C(=O)O)c1. The predicted octanol–water partition coefficient (Wildman–Crippen LogP) is 5.69. The first-order chi connectivity index (χ1) is 17.4. The first-order valence-corrected chi connectivity index (χ1v) is 11.1. The summed E-state index contributed by atoms with van der Waals surface area (Å²) in [6.45, 7) is 3.72. The Morgan fingerprint density at radius 2 is 1.75 bits per heavy atom. The first-order valence-electron chi connectivity index (χ1n) is 11.1. The van der Waals surface area contributed by atoms with Crippen molar-refractivity contribution in [1.82, 2.24) is 19.7 Å². The van der Waals surface area contributed by atoms with Crippen LogP contribution in [0.3, 0.4) is 0 Å². The van der Waals surface area contributed by atoms with Crippen LogP contribution in [0.4, 0.5) is 15.9 Å². The maximum atomic E-state index is 15.5. The molecule has 0 saturated carbocycles. The van der Waals surface area contributed by atoms with E-state index in [0.717, 1.165) is 11.3 Å². The molecule has 9 heteroatoms. The third-order valence-electron chi connectivity index (χ3n) is 5.94. The Labute approximate surface area is 206 Å². The Morgan fingerprint density at radius 3 is 2.44 bits per heavy atom. The molecule has 0 amide bonds. The van der Waals surface area contributed by atoms with Gasteiger partial charge in [-0.15, -0.1) is 0 Å². The van der Waals surface area contributed by atoms with Gasteiger partial charge in [0.2, 0.25) is 0 Å². The van der Waals surface area contributed by atoms with Crippen molar-refractivity contribution in [2.45, 2.75) is 13.8 Å². The fourth-order valence-electron chi connectivity index (χ4n) is 4.18. The summed E-state index contributed by atoms with van der Waals surface area (Å²) in [5, 5.41) is 17.8. The highest BCUT2D eigenvalue weighted by Crippen LogP contribution is 2.39. The van der Waals surface area contributed by atoms with Crippen LogP contribution in [0.2, 0.25) is 0 Å². The number of methoxy groups -OCH3 is 1. The molecule has 36 heavy (non-hydrogen) atoms. The van der Waals surface area contributed by atoms with Crippen LogP contribution in [0.5, 0.6) is 5.75 Å². The van der Waals surface area contributed by atoms with Gasteiger partial charge in [0.05, 0.1) is 46.3 Å². The standard InChI is InChI=1S/C27H22FN5O3/c1-15-6-4-5-7-24(15)33-26(31-21-9-8-17(36-3)12-19(21)27(34)35)25(16(2)32-33)18-13-22-23(14-20(18)28)30-11-10-29-22/h4-14,31H,1-3H3,(H,34,35). The number of benzene rings is 3. The molecule has 0 bridgehead atoms. The Morgan fingerprint density at radius 1 is 1.03 bits per heavy atom. The number of carboxylic acids is 1. The van der Waals surface area contributed by atoms with Gasteiger partial charge in [-0.3, -0.25) is 9.97 Å². The van der Waals surface area contributed by atoms with E-state index in [2.05, 4.69) is 15.3 Å². The van der Waals surface area contributed by atoms with Gasteiger partial charge in [0.25, 0.3) is 0 Å². The lowest BCUT2D eigenvalue weighted by molar-refractivity contribution is 0.0697. The number of aryl methyl sites for hydroxylation is 2. The van der Waals surface area contributed by atoms with Crippen molar-refractivity contribution in [3.63, 3.8) is 0 Å². The number of anilines is 2. The largest absolute Gasteiger partial charge is 0.497 e. The predicted molar refractivity (Wildman–Crippen MR) is 135 cm³/mol. The molecular weight excluding hydrogens is 461 g/mol. The number of para-hydroxylation sites is 1. The van der Waals surface area contributed by atoms with Crippen LogP contribution in [-0.4, -0.2) is 37.9 Å². The number of ether oxygens (including phenoxy) is 1. The molecule has 0 saturated heterocycles. The van der Waals surface area contributed by atoms with Gasteiger partial charge in [-0.2, -0.15) is 5.10 Å². The van der Waals surface area contributed by atoms with E-state index in [0.29, 0.717) is 39.5 Å². The number of fused-ring (bicyclic) bond motifs is 1. The Hall–Kier alpha value is -4.79. The van der Waals surface area contributed by atoms with Crippen LogP contribution in [0, 0.1) is 19.7 Å². The second-order valence-electron chi connectivity index (χ2n) is 8.23. The second-order valence-corrected chi connectivity index (χ2v) is 8.23. The number of aromatic carboxylic acids is 1. The van der Waals surface area contributed by atoms with Gasteiger partial charge < -0.3 is 15.2 Å². The number of rotatable bonds is 6. The highest BCUT2D eigenvalue weighted by molar-refractivity contribution is 5.97. The number of carboxylic acid groups (broad SMARTS) is 1. The number of nitrogens with zero attached hydrogens (tertiary/aromatic N) is 4. The van der Waals surface area contributed by atoms with E-state index in [-0.39, 0.29) is 11.1 Å². The van der Waals surface area contributed by atoms with E-state index < -0.39 is 11.8 Å². The molecule has 0 spiro atoms. The Kier molecular flexibility index (Phi) is 5.81. The van der Waals surface area contributed by atoms with E-state index in [1.807, 2.05) is 31.2 Å². The molecular formula is C27H22FN5O3. The number of aromatic nitrogens is 4. The lowest BCUT2D eigenvalue weighted by Gasteiger charge is -2.16. The normalized spacial score (nSPS) is 11.0. The first kappa shape index (κ1) is 23.0. The zero-order valence-corrected chi connectivity index (χ0v) is 19.8. The zero-order valence-electron chi connectivity index (χ0n) is 19.8. The van der Waals surface area contributed by atoms with Gasteiger partial charge in [-0.25, -0.2) is 13.9 Å². The molecule has 0 aliphatic heterocycles. The minimum Gasteiger partial charge on any atom is -0.497 e. The molecule has 0 radical (unpaired) electrons. The zero-order chi connectivity index (χ0) is 25.4. The molecule has 0 atom stereocenters. The lowest BCUT2D eigenvalue weighted by Crippen LogP contribution is -2.08. The smallest absolute Gasteiger partial charge is 0.337 e. The molecule has 2 heterocycles. The highest BCUT2D eigenvalue weighted by atomic mass is 19.1. The van der Waals surface area contributed by atoms with Crippen LogP contribution in [0.1, 0.15) is 21.6 Å². The number of nitrogens with one attached hydrogen (secondary N) is 1. The molecule has 180 valence electrons. The summed E-state index contributed by atoms with van der Waals surface area (Å²) >= 11 is 0. The summed E-state index contributed by atoms with van der Waals surface area (Å²) in [5.41, 5.74) is 4.27. The monoisotopic (exact) mass is 483 g/mol. The van der Waals surface area contributed by atoms with Crippen molar-refractivity contribution in [1.29, 1.82) is 0 Å². The van der Waals surface area contributed by atoms with Crippen molar-refractivity contribution < 1.29 is 19.0 Å². The highest BCUT2D eigenvalue weighted by Gasteiger charge is 2.24. The van der Waals surface area contributed by atoms with Crippen molar-refractivity contribution in [2.24, 2.45) is 0 Å². The average molecular weight is 484 g/mol. The van der Waals surface area contributed by atoms with E-state index in [4.69, 9.17) is 9.84 Å². The molecule has 5 aromatic rings. The van der Waals surface area contributed by atoms with Crippen LogP contribution in [-0.2, 0) is 0 Å². The molecule has 0 aliphatic carbocycles. The Balaban J connectivity index is 1.78. The van der Waals surface area contributed by atoms with Gasteiger partial charge in [0.1, 0.15) is 17.4 Å². The van der Waals surface area contributed by atoms with E-state index >= 15 is 4.39 Å². The fourth-order valence-corrected chi connectivity index (χ4v) is 4.18.